The molecule has 1 amide bonds. The molecule has 0 radical (unpaired) electrons. The summed E-state index contributed by atoms with van der Waals surface area (Å²) < 4.78 is 43.8. The summed E-state index contributed by atoms with van der Waals surface area (Å²) in [5.41, 5.74) is 5.45. The largest absolute Gasteiger partial charge is 0.377 e. The van der Waals surface area contributed by atoms with Crippen molar-refractivity contribution in [3.05, 3.63) is 121 Å². The summed E-state index contributed by atoms with van der Waals surface area (Å²) in [7, 11) is -3.10. The number of nitro groups is 1. The maximum Gasteiger partial charge on any atom is 0.293 e. The lowest BCUT2D eigenvalue weighted by atomic mass is 9.72. The molecule has 0 spiro atoms. The number of hydrogen-bond donors (Lipinski definition) is 3. The molecule has 0 saturated carbocycles. The molecule has 3 aromatic heterocycles. The van der Waals surface area contributed by atoms with Crippen molar-refractivity contribution in [1.82, 2.24) is 29.0 Å². The maximum absolute atomic E-state index is 14.3. The second-order valence-electron chi connectivity index (χ2n) is 17.6. The van der Waals surface area contributed by atoms with Crippen LogP contribution in [0.15, 0.2) is 94.3 Å². The summed E-state index contributed by atoms with van der Waals surface area (Å²) in [4.78, 5) is 51.3. The lowest BCUT2D eigenvalue weighted by Crippen LogP contribution is -2.47. The number of piperazine rings is 1. The molecule has 3 aromatic carbocycles. The van der Waals surface area contributed by atoms with Gasteiger partial charge in [0.1, 0.15) is 11.3 Å². The molecule has 5 heterocycles. The van der Waals surface area contributed by atoms with Crippen LogP contribution in [0, 0.1) is 15.5 Å². The quantitative estimate of drug-likeness (QED) is 0.0891. The van der Waals surface area contributed by atoms with Gasteiger partial charge in [-0.25, -0.2) is 27.5 Å². The van der Waals surface area contributed by atoms with Crippen LogP contribution < -0.4 is 20.5 Å². The standard InChI is InChI=1S/C46H50ClN9O8S/c1-46(2)14-12-31(37(25-46)29-4-6-32(47)7-5-29)27-53-16-18-54(19-17-53)33-8-10-36(39(23-33)55-41-22-30-13-15-48-43(30)50-42(41)45(58)52(55)3)44(57)51-65(61,62)35-9-11-38(40(24-35)56(59)60)49-26-34-28-63-20-21-64-34/h4-11,13,15,22-24,34,49H,12,14,16-21,25-28H2,1-3H3,(H,48,50)(H,51,57). The fourth-order valence-electron chi connectivity index (χ4n) is 9.06. The molecule has 1 unspecified atom stereocenters. The van der Waals surface area contributed by atoms with E-state index in [0.717, 1.165) is 56.0 Å². The summed E-state index contributed by atoms with van der Waals surface area (Å²) in [6.07, 6.45) is 4.50. The number of hydrogen-bond acceptors (Lipinski definition) is 12. The molecule has 2 fully saturated rings. The lowest BCUT2D eigenvalue weighted by molar-refractivity contribution is -0.384. The normalized spacial score (nSPS) is 18.3. The van der Waals surface area contributed by atoms with Gasteiger partial charge in [-0.15, -0.1) is 0 Å². The molecular weight excluding hydrogens is 874 g/mol. The van der Waals surface area contributed by atoms with E-state index in [2.05, 4.69) is 55.8 Å². The van der Waals surface area contributed by atoms with Gasteiger partial charge in [0.25, 0.3) is 27.2 Å². The molecule has 3 aliphatic rings. The first kappa shape index (κ1) is 44.2. The SMILES string of the molecule is Cn1c(=O)c2nc3[nH]ccc3cc2n1-c1cc(N2CCN(CC3=C(c4ccc(Cl)cc4)CC(C)(C)CC3)CC2)ccc1C(=O)NS(=O)(=O)c1ccc(NCC2COCCO2)c([N+](=O)[O-])c1. The number of allylic oxidation sites excluding steroid dienone is 1. The van der Waals surface area contributed by atoms with Crippen molar-refractivity contribution in [1.29, 1.82) is 0 Å². The number of carbonyl (C=O) groups is 1. The highest BCUT2D eigenvalue weighted by Crippen LogP contribution is 2.43. The number of nitrogens with zero attached hydrogens (tertiary/aromatic N) is 6. The monoisotopic (exact) mass is 923 g/mol. The predicted molar refractivity (Wildman–Crippen MR) is 250 cm³/mol. The van der Waals surface area contributed by atoms with Crippen molar-refractivity contribution in [2.24, 2.45) is 12.5 Å². The van der Waals surface area contributed by atoms with Crippen LogP contribution in [0.3, 0.4) is 0 Å². The van der Waals surface area contributed by atoms with E-state index in [1.54, 1.807) is 42.2 Å². The number of nitro benzene ring substituents is 1. The van der Waals surface area contributed by atoms with Crippen molar-refractivity contribution in [2.45, 2.75) is 44.1 Å². The third-order valence-electron chi connectivity index (χ3n) is 12.6. The summed E-state index contributed by atoms with van der Waals surface area (Å²) >= 11 is 6.26. The molecule has 1 atom stereocenters. The van der Waals surface area contributed by atoms with Crippen molar-refractivity contribution in [3.8, 4) is 5.69 Å². The Labute approximate surface area is 380 Å². The Hall–Kier alpha value is -6.05. The zero-order valence-corrected chi connectivity index (χ0v) is 37.9. The van der Waals surface area contributed by atoms with Crippen LogP contribution in [-0.4, -0.2) is 109 Å². The van der Waals surface area contributed by atoms with Crippen molar-refractivity contribution < 1.29 is 27.6 Å². The highest BCUT2D eigenvalue weighted by atomic mass is 35.5. The Kier molecular flexibility index (Phi) is 12.0. The van der Waals surface area contributed by atoms with E-state index in [1.807, 2.05) is 18.2 Å². The summed E-state index contributed by atoms with van der Waals surface area (Å²) in [6, 6.07) is 20.2. The average molecular weight is 924 g/mol. The van der Waals surface area contributed by atoms with Gasteiger partial charge >= 0.3 is 0 Å². The van der Waals surface area contributed by atoms with E-state index in [0.29, 0.717) is 49.1 Å². The number of amides is 1. The smallest absolute Gasteiger partial charge is 0.293 e. The molecule has 0 bridgehead atoms. The molecule has 1 aliphatic carbocycles. The molecule has 65 heavy (non-hydrogen) atoms. The number of halogens is 1. The number of anilines is 2. The Morgan fingerprint density at radius 3 is 2.55 bits per heavy atom. The van der Waals surface area contributed by atoms with Crippen molar-refractivity contribution in [2.75, 3.05) is 69.3 Å². The second kappa shape index (κ2) is 17.7. The van der Waals surface area contributed by atoms with E-state index < -0.39 is 37.0 Å². The third kappa shape index (κ3) is 9.13. The van der Waals surface area contributed by atoms with E-state index >= 15 is 0 Å². The number of fused-ring (bicyclic) bond motifs is 2. The molecular formula is C46H50ClN9O8S. The van der Waals surface area contributed by atoms with Crippen LogP contribution in [0.2, 0.25) is 5.02 Å². The molecule has 3 N–H and O–H groups in total. The van der Waals surface area contributed by atoms with Gasteiger partial charge in [0.15, 0.2) is 5.52 Å². The van der Waals surface area contributed by atoms with Gasteiger partial charge in [-0.05, 0) is 90.4 Å². The highest BCUT2D eigenvalue weighted by Gasteiger charge is 2.31. The van der Waals surface area contributed by atoms with Gasteiger partial charge in [-0.1, -0.05) is 43.2 Å². The van der Waals surface area contributed by atoms with Crippen LogP contribution in [0.25, 0.3) is 33.3 Å². The highest BCUT2D eigenvalue weighted by molar-refractivity contribution is 7.90. The van der Waals surface area contributed by atoms with Gasteiger partial charge < -0.3 is 24.7 Å². The fourth-order valence-corrected chi connectivity index (χ4v) is 10.2. The van der Waals surface area contributed by atoms with Gasteiger partial charge in [0.05, 0.1) is 52.5 Å². The number of H-pyrrole nitrogens is 1. The van der Waals surface area contributed by atoms with Crippen molar-refractivity contribution >= 4 is 72.2 Å². The van der Waals surface area contributed by atoms with Crippen molar-refractivity contribution in [3.63, 3.8) is 0 Å². The van der Waals surface area contributed by atoms with E-state index in [4.69, 9.17) is 21.1 Å². The molecule has 17 nitrogen and oxygen atoms in total. The zero-order chi connectivity index (χ0) is 45.6. The molecule has 2 saturated heterocycles. The molecule has 6 aromatic rings. The predicted octanol–water partition coefficient (Wildman–Crippen LogP) is 6.50. The molecule has 340 valence electrons. The first-order valence-electron chi connectivity index (χ1n) is 21.6. The Bertz CT molecular complexity index is 3020. The number of aromatic nitrogens is 4. The zero-order valence-electron chi connectivity index (χ0n) is 36.3. The van der Waals surface area contributed by atoms with Crippen LogP contribution in [0.5, 0.6) is 0 Å². The van der Waals surface area contributed by atoms with Gasteiger partial charge in [-0.2, -0.15) is 0 Å². The molecule has 19 heteroatoms. The minimum absolute atomic E-state index is 0.0537. The number of nitrogens with one attached hydrogen (secondary N) is 3. The first-order chi connectivity index (χ1) is 31.1. The average Bonchev–Trinajstić information content (AvgIpc) is 3.85. The van der Waals surface area contributed by atoms with Gasteiger partial charge in [0.2, 0.25) is 0 Å². The van der Waals surface area contributed by atoms with E-state index in [1.165, 1.54) is 33.5 Å². The Morgan fingerprint density at radius 2 is 1.82 bits per heavy atom. The van der Waals surface area contributed by atoms with E-state index in [-0.39, 0.29) is 40.5 Å². The number of sulfonamides is 1. The maximum atomic E-state index is 14.3. The van der Waals surface area contributed by atoms with Crippen LogP contribution in [-0.2, 0) is 26.5 Å². The van der Waals surface area contributed by atoms with Gasteiger partial charge in [-0.3, -0.25) is 24.6 Å². The fraction of sp³-hybridized carbons (Fsp3) is 0.370. The Morgan fingerprint density at radius 1 is 1.03 bits per heavy atom. The van der Waals surface area contributed by atoms with E-state index in [9.17, 15) is 28.1 Å². The Balaban J connectivity index is 1.01. The number of pyridine rings is 1. The van der Waals surface area contributed by atoms with Crippen LogP contribution in [0.1, 0.15) is 49.0 Å². The number of ether oxygens (including phenoxy) is 2. The second-order valence-corrected chi connectivity index (χ2v) is 19.7. The minimum atomic E-state index is -4.66. The topological polar surface area (TPSA) is 199 Å². The summed E-state index contributed by atoms with van der Waals surface area (Å²) in [5.74, 6) is -0.999. The first-order valence-corrected chi connectivity index (χ1v) is 23.4. The van der Waals surface area contributed by atoms with Crippen LogP contribution >= 0.6 is 11.6 Å². The summed E-state index contributed by atoms with van der Waals surface area (Å²) in [5, 5.41) is 16.5. The minimum Gasteiger partial charge on any atom is -0.377 e. The van der Waals surface area contributed by atoms with Gasteiger partial charge in [0, 0.05) is 74.7 Å². The number of carbonyl (C=O) groups excluding carboxylic acids is 1. The van der Waals surface area contributed by atoms with Crippen LogP contribution in [0.4, 0.5) is 17.1 Å². The molecule has 9 rings (SSSR count). The number of benzene rings is 3. The number of rotatable bonds is 12. The number of aromatic amines is 1. The summed E-state index contributed by atoms with van der Waals surface area (Å²) in [6.45, 7) is 9.76. The lowest BCUT2D eigenvalue weighted by Gasteiger charge is -2.39. The molecule has 2 aliphatic heterocycles. The third-order valence-corrected chi connectivity index (χ3v) is 14.2.